The maximum Gasteiger partial charge on any atom is 0.0720 e. The minimum Gasteiger partial charge on any atom is -0.256 e. The zero-order chi connectivity index (χ0) is 10.3. The lowest BCUT2D eigenvalue weighted by atomic mass is 10.1. The van der Waals surface area contributed by atoms with Gasteiger partial charge in [-0.1, -0.05) is 11.6 Å². The molecular formula is C11H9ClIN. The van der Waals surface area contributed by atoms with Gasteiger partial charge in [0.1, 0.15) is 0 Å². The van der Waals surface area contributed by atoms with Gasteiger partial charge in [-0.05, 0) is 59.7 Å². The van der Waals surface area contributed by atoms with E-state index in [0.29, 0.717) is 0 Å². The Bertz CT molecular complexity index is 508. The molecule has 0 aliphatic rings. The van der Waals surface area contributed by atoms with Crippen LogP contribution in [0.2, 0.25) is 5.02 Å². The van der Waals surface area contributed by atoms with Crippen LogP contribution in [0.4, 0.5) is 0 Å². The van der Waals surface area contributed by atoms with E-state index in [2.05, 4.69) is 46.6 Å². The first-order chi connectivity index (χ1) is 6.59. The molecule has 0 spiro atoms. The summed E-state index contributed by atoms with van der Waals surface area (Å²) >= 11 is 8.52. The van der Waals surface area contributed by atoms with E-state index in [-0.39, 0.29) is 0 Å². The largest absolute Gasteiger partial charge is 0.256 e. The third-order valence-electron chi connectivity index (χ3n) is 2.26. The number of rotatable bonds is 0. The Morgan fingerprint density at radius 2 is 1.93 bits per heavy atom. The summed E-state index contributed by atoms with van der Waals surface area (Å²) < 4.78 is 1.23. The van der Waals surface area contributed by atoms with Crippen molar-refractivity contribution >= 4 is 45.1 Å². The number of hydrogen-bond donors (Lipinski definition) is 0. The summed E-state index contributed by atoms with van der Waals surface area (Å²) in [5, 5.41) is 1.86. The fourth-order valence-electron chi connectivity index (χ4n) is 1.38. The normalized spacial score (nSPS) is 10.9. The highest BCUT2D eigenvalue weighted by atomic mass is 127. The van der Waals surface area contributed by atoms with Crippen LogP contribution >= 0.6 is 34.2 Å². The monoisotopic (exact) mass is 317 g/mol. The molecule has 1 heterocycles. The molecule has 0 fully saturated rings. The van der Waals surface area contributed by atoms with Gasteiger partial charge in [0.05, 0.1) is 10.5 Å². The van der Waals surface area contributed by atoms with Gasteiger partial charge in [-0.25, -0.2) is 0 Å². The van der Waals surface area contributed by atoms with Crippen molar-refractivity contribution < 1.29 is 0 Å². The average Bonchev–Trinajstić information content (AvgIpc) is 2.15. The second kappa shape index (κ2) is 3.66. The van der Waals surface area contributed by atoms with E-state index in [1.165, 1.54) is 9.13 Å². The molecule has 3 heteroatoms. The number of aromatic nitrogens is 1. The van der Waals surface area contributed by atoms with Crippen LogP contribution in [-0.2, 0) is 0 Å². The highest BCUT2D eigenvalue weighted by Gasteiger charge is 2.05. The first kappa shape index (κ1) is 10.2. The Morgan fingerprint density at radius 3 is 2.64 bits per heavy atom. The topological polar surface area (TPSA) is 12.9 Å². The molecule has 0 bridgehead atoms. The van der Waals surface area contributed by atoms with Crippen molar-refractivity contribution in [1.29, 1.82) is 0 Å². The number of fused-ring (bicyclic) bond motifs is 1. The van der Waals surface area contributed by atoms with Crippen LogP contribution in [0.1, 0.15) is 11.1 Å². The molecule has 2 rings (SSSR count). The SMILES string of the molecule is Cc1cc2ncc(C)c(Cl)c2cc1I. The van der Waals surface area contributed by atoms with Gasteiger partial charge >= 0.3 is 0 Å². The van der Waals surface area contributed by atoms with Crippen molar-refractivity contribution in [2.24, 2.45) is 0 Å². The Balaban J connectivity index is 2.89. The van der Waals surface area contributed by atoms with Crippen LogP contribution in [0.25, 0.3) is 10.9 Å². The van der Waals surface area contributed by atoms with E-state index < -0.39 is 0 Å². The second-order valence-electron chi connectivity index (χ2n) is 3.37. The number of halogens is 2. The van der Waals surface area contributed by atoms with Crippen LogP contribution in [0.15, 0.2) is 18.3 Å². The van der Waals surface area contributed by atoms with Crippen LogP contribution in [0, 0.1) is 17.4 Å². The molecule has 0 saturated heterocycles. The van der Waals surface area contributed by atoms with Crippen molar-refractivity contribution in [3.05, 3.63) is 38.0 Å². The maximum atomic E-state index is 6.21. The molecule has 14 heavy (non-hydrogen) atoms. The Kier molecular flexibility index (Phi) is 2.66. The third kappa shape index (κ3) is 1.61. The third-order valence-corrected chi connectivity index (χ3v) is 3.92. The molecule has 72 valence electrons. The number of nitrogens with zero attached hydrogens (tertiary/aromatic N) is 1. The van der Waals surface area contributed by atoms with Gasteiger partial charge in [-0.2, -0.15) is 0 Å². The van der Waals surface area contributed by atoms with E-state index in [1.54, 1.807) is 0 Å². The van der Waals surface area contributed by atoms with Crippen molar-refractivity contribution in [1.82, 2.24) is 4.98 Å². The van der Waals surface area contributed by atoms with Gasteiger partial charge in [0.15, 0.2) is 0 Å². The number of benzene rings is 1. The summed E-state index contributed by atoms with van der Waals surface area (Å²) in [5.41, 5.74) is 3.24. The summed E-state index contributed by atoms with van der Waals surface area (Å²) in [6, 6.07) is 4.16. The van der Waals surface area contributed by atoms with Gasteiger partial charge in [0, 0.05) is 15.2 Å². The average molecular weight is 318 g/mol. The lowest BCUT2D eigenvalue weighted by molar-refractivity contribution is 1.32. The Hall–Kier alpha value is -0.350. The van der Waals surface area contributed by atoms with Gasteiger partial charge in [-0.3, -0.25) is 4.98 Å². The van der Waals surface area contributed by atoms with Crippen LogP contribution in [0.5, 0.6) is 0 Å². The molecule has 2 aromatic rings. The van der Waals surface area contributed by atoms with E-state index in [0.717, 1.165) is 21.5 Å². The summed E-state index contributed by atoms with van der Waals surface area (Å²) in [6.07, 6.45) is 1.82. The fourth-order valence-corrected chi connectivity index (χ4v) is 2.05. The number of pyridine rings is 1. The smallest absolute Gasteiger partial charge is 0.0720 e. The lowest BCUT2D eigenvalue weighted by Crippen LogP contribution is -1.87. The quantitative estimate of drug-likeness (QED) is 0.666. The van der Waals surface area contributed by atoms with E-state index in [1.807, 2.05) is 13.1 Å². The van der Waals surface area contributed by atoms with Gasteiger partial charge in [0.25, 0.3) is 0 Å². The molecule has 1 aromatic heterocycles. The van der Waals surface area contributed by atoms with Crippen molar-refractivity contribution in [3.63, 3.8) is 0 Å². The zero-order valence-electron chi connectivity index (χ0n) is 7.94. The maximum absolute atomic E-state index is 6.21. The first-order valence-corrected chi connectivity index (χ1v) is 5.76. The van der Waals surface area contributed by atoms with E-state index in [9.17, 15) is 0 Å². The molecule has 0 atom stereocenters. The predicted octanol–water partition coefficient (Wildman–Crippen LogP) is 4.11. The molecule has 0 unspecified atom stereocenters. The lowest BCUT2D eigenvalue weighted by Gasteiger charge is -2.05. The first-order valence-electron chi connectivity index (χ1n) is 4.30. The van der Waals surface area contributed by atoms with Crippen molar-refractivity contribution in [2.45, 2.75) is 13.8 Å². The molecule has 0 amide bonds. The van der Waals surface area contributed by atoms with Crippen LogP contribution in [-0.4, -0.2) is 4.98 Å². The summed E-state index contributed by atoms with van der Waals surface area (Å²) in [4.78, 5) is 4.36. The second-order valence-corrected chi connectivity index (χ2v) is 4.91. The standard InChI is InChI=1S/C11H9ClIN/c1-6-3-10-8(4-9(6)13)11(12)7(2)5-14-10/h3-5H,1-2H3. The highest BCUT2D eigenvalue weighted by Crippen LogP contribution is 2.28. The fraction of sp³-hybridized carbons (Fsp3) is 0.182. The minimum absolute atomic E-state index is 0.813. The predicted molar refractivity (Wildman–Crippen MR) is 68.9 cm³/mol. The molecular weight excluding hydrogens is 308 g/mol. The summed E-state index contributed by atoms with van der Waals surface area (Å²) in [5.74, 6) is 0. The van der Waals surface area contributed by atoms with E-state index >= 15 is 0 Å². The van der Waals surface area contributed by atoms with Crippen LogP contribution < -0.4 is 0 Å². The summed E-state index contributed by atoms with van der Waals surface area (Å²) in [6.45, 7) is 4.05. The molecule has 0 N–H and O–H groups in total. The molecule has 1 aromatic carbocycles. The van der Waals surface area contributed by atoms with Gasteiger partial charge < -0.3 is 0 Å². The van der Waals surface area contributed by atoms with Crippen LogP contribution in [0.3, 0.4) is 0 Å². The summed E-state index contributed by atoms with van der Waals surface area (Å²) in [7, 11) is 0. The minimum atomic E-state index is 0.813. The molecule has 0 aliphatic heterocycles. The molecule has 0 aliphatic carbocycles. The zero-order valence-corrected chi connectivity index (χ0v) is 10.8. The van der Waals surface area contributed by atoms with Gasteiger partial charge in [-0.15, -0.1) is 0 Å². The van der Waals surface area contributed by atoms with Crippen molar-refractivity contribution in [3.8, 4) is 0 Å². The number of aryl methyl sites for hydroxylation is 2. The Labute approximate surface area is 102 Å². The Morgan fingerprint density at radius 1 is 1.21 bits per heavy atom. The van der Waals surface area contributed by atoms with Crippen molar-refractivity contribution in [2.75, 3.05) is 0 Å². The molecule has 0 radical (unpaired) electrons. The highest BCUT2D eigenvalue weighted by molar-refractivity contribution is 14.1. The van der Waals surface area contributed by atoms with Gasteiger partial charge in [0.2, 0.25) is 0 Å². The number of hydrogen-bond acceptors (Lipinski definition) is 1. The molecule has 0 saturated carbocycles. The molecule has 1 nitrogen and oxygen atoms in total. The van der Waals surface area contributed by atoms with E-state index in [4.69, 9.17) is 11.6 Å².